The highest BCUT2D eigenvalue weighted by atomic mass is 16.5. The van der Waals surface area contributed by atoms with Crippen molar-refractivity contribution in [3.8, 4) is 11.5 Å². The summed E-state index contributed by atoms with van der Waals surface area (Å²) >= 11 is 0. The van der Waals surface area contributed by atoms with E-state index in [9.17, 15) is 0 Å². The van der Waals surface area contributed by atoms with Crippen molar-refractivity contribution in [2.24, 2.45) is 4.99 Å². The summed E-state index contributed by atoms with van der Waals surface area (Å²) < 4.78 is 10.8. The number of ether oxygens (including phenoxy) is 2. The first-order valence-corrected chi connectivity index (χ1v) is 9.35. The Hall–Kier alpha value is -3.27. The third-order valence-electron chi connectivity index (χ3n) is 5.22. The molecule has 0 spiro atoms. The summed E-state index contributed by atoms with van der Waals surface area (Å²) in [7, 11) is 3.37. The van der Waals surface area contributed by atoms with Gasteiger partial charge in [-0.25, -0.2) is 0 Å². The van der Waals surface area contributed by atoms with Crippen LogP contribution in [0.25, 0.3) is 0 Å². The van der Waals surface area contributed by atoms with E-state index in [1.807, 2.05) is 48.5 Å². The second-order valence-corrected chi connectivity index (χ2v) is 7.17. The molecule has 0 saturated carbocycles. The number of nitrogens with one attached hydrogen (secondary N) is 1. The fourth-order valence-corrected chi connectivity index (χ4v) is 3.64. The van der Waals surface area contributed by atoms with E-state index in [4.69, 9.17) is 14.5 Å². The Labute approximate surface area is 165 Å². The maximum absolute atomic E-state index is 5.42. The summed E-state index contributed by atoms with van der Waals surface area (Å²) in [6.45, 7) is 2.21. The number of nitrogens with zero attached hydrogens (tertiary/aromatic N) is 1. The van der Waals surface area contributed by atoms with Crippen molar-refractivity contribution in [1.82, 2.24) is 0 Å². The Morgan fingerprint density at radius 2 is 1.61 bits per heavy atom. The van der Waals surface area contributed by atoms with Crippen molar-refractivity contribution in [3.05, 3.63) is 83.9 Å². The van der Waals surface area contributed by atoms with Gasteiger partial charge in [0, 0.05) is 6.42 Å². The van der Waals surface area contributed by atoms with Crippen molar-refractivity contribution in [1.29, 1.82) is 0 Å². The van der Waals surface area contributed by atoms with Crippen LogP contribution in [0.1, 0.15) is 24.5 Å². The van der Waals surface area contributed by atoms with Crippen LogP contribution in [0, 0.1) is 0 Å². The first-order valence-electron chi connectivity index (χ1n) is 9.35. The lowest BCUT2D eigenvalue weighted by molar-refractivity contribution is 0.414. The highest BCUT2D eigenvalue weighted by Crippen LogP contribution is 2.39. The van der Waals surface area contributed by atoms with Gasteiger partial charge in [0.05, 0.1) is 36.8 Å². The van der Waals surface area contributed by atoms with E-state index in [1.54, 1.807) is 14.2 Å². The van der Waals surface area contributed by atoms with Gasteiger partial charge in [0.15, 0.2) is 0 Å². The van der Waals surface area contributed by atoms with E-state index in [0.717, 1.165) is 40.6 Å². The molecule has 3 aromatic rings. The van der Waals surface area contributed by atoms with Crippen molar-refractivity contribution in [3.63, 3.8) is 0 Å². The van der Waals surface area contributed by atoms with Gasteiger partial charge in [-0.15, -0.1) is 0 Å². The van der Waals surface area contributed by atoms with Gasteiger partial charge in [-0.2, -0.15) is 0 Å². The van der Waals surface area contributed by atoms with E-state index in [0.29, 0.717) is 0 Å². The summed E-state index contributed by atoms with van der Waals surface area (Å²) in [6.07, 6.45) is 0.737. The molecule has 4 nitrogen and oxygen atoms in total. The third-order valence-corrected chi connectivity index (χ3v) is 5.22. The molecule has 0 aliphatic carbocycles. The fraction of sp³-hybridized carbons (Fsp3) is 0.208. The highest BCUT2D eigenvalue weighted by molar-refractivity contribution is 6.04. The monoisotopic (exact) mass is 372 g/mol. The molecule has 1 heterocycles. The summed E-state index contributed by atoms with van der Waals surface area (Å²) in [5.41, 5.74) is 4.92. The second-order valence-electron chi connectivity index (χ2n) is 7.17. The van der Waals surface area contributed by atoms with Crippen LogP contribution >= 0.6 is 0 Å². The van der Waals surface area contributed by atoms with Gasteiger partial charge in [0.25, 0.3) is 0 Å². The quantitative estimate of drug-likeness (QED) is 0.652. The zero-order chi connectivity index (χ0) is 19.6. The molecule has 0 saturated heterocycles. The molecule has 0 radical (unpaired) electrons. The van der Waals surface area contributed by atoms with Crippen LogP contribution in [0.2, 0.25) is 0 Å². The van der Waals surface area contributed by atoms with Crippen molar-refractivity contribution in [2.75, 3.05) is 19.5 Å². The van der Waals surface area contributed by atoms with E-state index in [2.05, 4.69) is 36.5 Å². The molecule has 28 heavy (non-hydrogen) atoms. The molecule has 4 rings (SSSR count). The van der Waals surface area contributed by atoms with Gasteiger partial charge < -0.3 is 14.8 Å². The molecule has 1 atom stereocenters. The molecule has 1 aliphatic rings. The average molecular weight is 372 g/mol. The molecule has 0 bridgehead atoms. The summed E-state index contributed by atoms with van der Waals surface area (Å²) in [5.74, 6) is 1.68. The van der Waals surface area contributed by atoms with Crippen LogP contribution in [0.5, 0.6) is 11.5 Å². The number of hydrogen-bond acceptors (Lipinski definition) is 4. The van der Waals surface area contributed by atoms with E-state index in [1.165, 1.54) is 5.56 Å². The lowest BCUT2D eigenvalue weighted by atomic mass is 9.85. The van der Waals surface area contributed by atoms with E-state index in [-0.39, 0.29) is 5.54 Å². The Morgan fingerprint density at radius 3 is 2.36 bits per heavy atom. The number of methoxy groups -OCH3 is 2. The molecule has 3 aromatic carbocycles. The predicted molar refractivity (Wildman–Crippen MR) is 114 cm³/mol. The normalized spacial score (nSPS) is 18.3. The van der Waals surface area contributed by atoms with Crippen LogP contribution in [-0.2, 0) is 5.54 Å². The molecule has 1 aliphatic heterocycles. The standard InChI is InChI=1S/C24H24N2O2/c1-24(18-11-13-19(27-2)14-12-18)16-23(17-7-6-8-20(15-17)28-3)25-21-9-4-5-10-22(21)26-24/h4-15,26H,16H2,1-3H3. The molecule has 142 valence electrons. The Balaban J connectivity index is 1.82. The highest BCUT2D eigenvalue weighted by Gasteiger charge is 2.32. The fourth-order valence-electron chi connectivity index (χ4n) is 3.64. The number of fused-ring (bicyclic) bond motifs is 1. The van der Waals surface area contributed by atoms with Crippen molar-refractivity contribution >= 4 is 17.1 Å². The lowest BCUT2D eigenvalue weighted by Crippen LogP contribution is -2.33. The molecule has 4 heteroatoms. The topological polar surface area (TPSA) is 42.9 Å². The third kappa shape index (κ3) is 3.46. The van der Waals surface area contributed by atoms with Gasteiger partial charge >= 0.3 is 0 Å². The van der Waals surface area contributed by atoms with Crippen LogP contribution in [0.3, 0.4) is 0 Å². The Morgan fingerprint density at radius 1 is 0.857 bits per heavy atom. The minimum absolute atomic E-state index is 0.319. The number of benzene rings is 3. The van der Waals surface area contributed by atoms with Gasteiger partial charge in [0.1, 0.15) is 11.5 Å². The summed E-state index contributed by atoms with van der Waals surface area (Å²) in [4.78, 5) is 5.01. The van der Waals surface area contributed by atoms with Gasteiger partial charge in [-0.1, -0.05) is 36.4 Å². The van der Waals surface area contributed by atoms with Crippen LogP contribution < -0.4 is 14.8 Å². The van der Waals surface area contributed by atoms with Crippen molar-refractivity contribution in [2.45, 2.75) is 18.9 Å². The van der Waals surface area contributed by atoms with Crippen molar-refractivity contribution < 1.29 is 9.47 Å². The largest absolute Gasteiger partial charge is 0.497 e. The first-order chi connectivity index (χ1) is 13.6. The Bertz CT molecular complexity index is 1010. The second kappa shape index (κ2) is 7.39. The van der Waals surface area contributed by atoms with E-state index >= 15 is 0 Å². The maximum atomic E-state index is 5.42. The molecule has 1 unspecified atom stereocenters. The molecular formula is C24H24N2O2. The number of aliphatic imine (C=N–C) groups is 1. The van der Waals surface area contributed by atoms with E-state index < -0.39 is 0 Å². The molecule has 1 N–H and O–H groups in total. The minimum Gasteiger partial charge on any atom is -0.497 e. The average Bonchev–Trinajstić information content (AvgIpc) is 2.90. The summed E-state index contributed by atoms with van der Waals surface area (Å²) in [6, 6.07) is 24.5. The van der Waals surface area contributed by atoms with Gasteiger partial charge in [-0.3, -0.25) is 4.99 Å². The molecular weight excluding hydrogens is 348 g/mol. The first kappa shape index (κ1) is 18.1. The number of anilines is 1. The maximum Gasteiger partial charge on any atom is 0.119 e. The number of para-hydroxylation sites is 2. The zero-order valence-corrected chi connectivity index (χ0v) is 16.4. The molecule has 0 aromatic heterocycles. The van der Waals surface area contributed by atoms with Crippen LogP contribution in [0.4, 0.5) is 11.4 Å². The zero-order valence-electron chi connectivity index (χ0n) is 16.4. The van der Waals surface area contributed by atoms with Gasteiger partial charge in [0.2, 0.25) is 0 Å². The van der Waals surface area contributed by atoms with Crippen LogP contribution in [0.15, 0.2) is 77.8 Å². The minimum atomic E-state index is -0.319. The molecule has 0 fully saturated rings. The summed E-state index contributed by atoms with van der Waals surface area (Å²) in [5, 5.41) is 3.73. The number of hydrogen-bond donors (Lipinski definition) is 1. The predicted octanol–water partition coefficient (Wildman–Crippen LogP) is 5.56. The van der Waals surface area contributed by atoms with Gasteiger partial charge in [-0.05, 0) is 54.4 Å². The molecule has 0 amide bonds. The number of rotatable bonds is 4. The van der Waals surface area contributed by atoms with Crippen LogP contribution in [-0.4, -0.2) is 19.9 Å². The Kier molecular flexibility index (Phi) is 4.78. The smallest absolute Gasteiger partial charge is 0.119 e. The SMILES string of the molecule is COc1ccc(C2(C)CC(c3cccc(OC)c3)=Nc3ccccc3N2)cc1. The lowest BCUT2D eigenvalue weighted by Gasteiger charge is -2.32.